The first-order chi connectivity index (χ1) is 11.1. The second-order valence-electron chi connectivity index (χ2n) is 6.21. The average Bonchev–Trinajstić information content (AvgIpc) is 3.26. The van der Waals surface area contributed by atoms with Crippen molar-refractivity contribution in [3.63, 3.8) is 0 Å². The Morgan fingerprint density at radius 3 is 2.52 bits per heavy atom. The number of ether oxygens (including phenoxy) is 1. The minimum Gasteiger partial charge on any atom is -0.478 e. The van der Waals surface area contributed by atoms with Crippen LogP contribution < -0.4 is 0 Å². The van der Waals surface area contributed by atoms with Crippen molar-refractivity contribution >= 4 is 18.0 Å². The highest BCUT2D eigenvalue weighted by molar-refractivity contribution is 5.92. The summed E-state index contributed by atoms with van der Waals surface area (Å²) < 4.78 is 5.39. The summed E-state index contributed by atoms with van der Waals surface area (Å²) in [6.45, 7) is 2.31. The van der Waals surface area contributed by atoms with Gasteiger partial charge in [0.1, 0.15) is 0 Å². The molecule has 1 amide bonds. The third-order valence-corrected chi connectivity index (χ3v) is 4.33. The van der Waals surface area contributed by atoms with Gasteiger partial charge in [0.2, 0.25) is 5.91 Å². The van der Waals surface area contributed by atoms with Crippen molar-refractivity contribution in [2.75, 3.05) is 19.8 Å². The summed E-state index contributed by atoms with van der Waals surface area (Å²) in [5.74, 6) is -0.472. The molecule has 1 saturated carbocycles. The van der Waals surface area contributed by atoms with Crippen LogP contribution in [0.4, 0.5) is 0 Å². The Bertz CT molecular complexity index is 598. The molecule has 3 rings (SSSR count). The van der Waals surface area contributed by atoms with Gasteiger partial charge in [-0.05, 0) is 43.0 Å². The van der Waals surface area contributed by atoms with Crippen molar-refractivity contribution in [2.24, 2.45) is 5.92 Å². The molecule has 1 aliphatic heterocycles. The summed E-state index contributed by atoms with van der Waals surface area (Å²) in [5.41, 5.74) is 1.07. The molecule has 1 aromatic rings. The highest BCUT2D eigenvalue weighted by Crippen LogP contribution is 2.29. The Morgan fingerprint density at radius 1 is 1.22 bits per heavy atom. The summed E-state index contributed by atoms with van der Waals surface area (Å²) in [7, 11) is 0. The van der Waals surface area contributed by atoms with Gasteiger partial charge in [0.25, 0.3) is 0 Å². The van der Waals surface area contributed by atoms with Crippen molar-refractivity contribution in [2.45, 2.75) is 25.3 Å². The molecule has 1 N–H and O–H groups in total. The van der Waals surface area contributed by atoms with Gasteiger partial charge in [0.05, 0.1) is 12.2 Å². The van der Waals surface area contributed by atoms with Crippen LogP contribution in [0.25, 0.3) is 6.08 Å². The molecular weight excluding hydrogens is 294 g/mol. The summed E-state index contributed by atoms with van der Waals surface area (Å²) in [6, 6.07) is 6.88. The molecule has 1 aliphatic carbocycles. The van der Waals surface area contributed by atoms with E-state index in [0.717, 1.165) is 44.6 Å². The van der Waals surface area contributed by atoms with E-state index in [0.29, 0.717) is 12.0 Å². The number of carbonyl (C=O) groups excluding carboxylic acids is 1. The lowest BCUT2D eigenvalue weighted by Gasteiger charge is -2.23. The fraction of sp³-hybridized carbons (Fsp3) is 0.444. The Hall–Kier alpha value is -2.14. The summed E-state index contributed by atoms with van der Waals surface area (Å²) in [4.78, 5) is 25.3. The average molecular weight is 315 g/mol. The lowest BCUT2D eigenvalue weighted by molar-refractivity contribution is -0.127. The van der Waals surface area contributed by atoms with Gasteiger partial charge in [-0.2, -0.15) is 0 Å². The second-order valence-corrected chi connectivity index (χ2v) is 6.21. The van der Waals surface area contributed by atoms with Gasteiger partial charge in [0.15, 0.2) is 0 Å². The van der Waals surface area contributed by atoms with Crippen LogP contribution in [-0.4, -0.2) is 47.7 Å². The van der Waals surface area contributed by atoms with Crippen LogP contribution >= 0.6 is 0 Å². The number of amides is 1. The van der Waals surface area contributed by atoms with E-state index in [2.05, 4.69) is 0 Å². The molecule has 5 nitrogen and oxygen atoms in total. The molecule has 23 heavy (non-hydrogen) atoms. The molecule has 1 atom stereocenters. The minimum absolute atomic E-state index is 0.0294. The molecule has 2 fully saturated rings. The smallest absolute Gasteiger partial charge is 0.335 e. The minimum atomic E-state index is -0.949. The van der Waals surface area contributed by atoms with Crippen molar-refractivity contribution in [3.8, 4) is 0 Å². The highest BCUT2D eigenvalue weighted by Gasteiger charge is 2.33. The molecular formula is C18H21NO4. The fourth-order valence-corrected chi connectivity index (χ4v) is 2.81. The van der Waals surface area contributed by atoms with Crippen LogP contribution in [0.3, 0.4) is 0 Å². The van der Waals surface area contributed by atoms with Gasteiger partial charge >= 0.3 is 5.97 Å². The van der Waals surface area contributed by atoms with Crippen LogP contribution in [0.2, 0.25) is 0 Å². The quantitative estimate of drug-likeness (QED) is 0.819. The normalized spacial score (nSPS) is 20.8. The fourth-order valence-electron chi connectivity index (χ4n) is 2.81. The van der Waals surface area contributed by atoms with Gasteiger partial charge in [-0.25, -0.2) is 4.79 Å². The van der Waals surface area contributed by atoms with Crippen LogP contribution in [0, 0.1) is 5.92 Å². The number of benzene rings is 1. The SMILES string of the molecule is O=C(O)c1ccc(/C=C/C(=O)N(CC2CCOC2)C2CC2)cc1. The van der Waals surface area contributed by atoms with Gasteiger partial charge in [-0.1, -0.05) is 12.1 Å². The number of carbonyl (C=O) groups is 2. The van der Waals surface area contributed by atoms with E-state index in [1.165, 1.54) is 0 Å². The highest BCUT2D eigenvalue weighted by atomic mass is 16.5. The Balaban J connectivity index is 1.62. The van der Waals surface area contributed by atoms with Crippen molar-refractivity contribution < 1.29 is 19.4 Å². The molecule has 2 aliphatic rings. The molecule has 122 valence electrons. The first-order valence-corrected chi connectivity index (χ1v) is 8.03. The van der Waals surface area contributed by atoms with Crippen LogP contribution in [0.1, 0.15) is 35.2 Å². The molecule has 0 radical (unpaired) electrons. The predicted molar refractivity (Wildman–Crippen MR) is 86.1 cm³/mol. The standard InChI is InChI=1S/C18H21NO4/c20-17(8-3-13-1-4-15(5-2-13)18(21)22)19(16-6-7-16)11-14-9-10-23-12-14/h1-5,8,14,16H,6-7,9-12H2,(H,21,22)/b8-3+. The topological polar surface area (TPSA) is 66.8 Å². The van der Waals surface area contributed by atoms with Crippen molar-refractivity contribution in [1.29, 1.82) is 0 Å². The van der Waals surface area contributed by atoms with E-state index in [9.17, 15) is 9.59 Å². The van der Waals surface area contributed by atoms with Crippen LogP contribution in [-0.2, 0) is 9.53 Å². The molecule has 0 bridgehead atoms. The largest absolute Gasteiger partial charge is 0.478 e. The Morgan fingerprint density at radius 2 is 1.96 bits per heavy atom. The second kappa shape index (κ2) is 6.96. The number of aromatic carboxylic acids is 1. The summed E-state index contributed by atoms with van der Waals surface area (Å²) in [6.07, 6.45) is 6.52. The number of carboxylic acids is 1. The van der Waals surface area contributed by atoms with E-state index in [1.54, 1.807) is 36.4 Å². The Kier molecular flexibility index (Phi) is 4.76. The summed E-state index contributed by atoms with van der Waals surface area (Å²) >= 11 is 0. The third kappa shape index (κ3) is 4.20. The maximum absolute atomic E-state index is 12.5. The molecule has 5 heteroatoms. The molecule has 0 aromatic heterocycles. The van der Waals surface area contributed by atoms with Gasteiger partial charge in [0, 0.05) is 31.2 Å². The maximum atomic E-state index is 12.5. The van der Waals surface area contributed by atoms with E-state index in [4.69, 9.17) is 9.84 Å². The number of carboxylic acid groups (broad SMARTS) is 1. The molecule has 1 aromatic carbocycles. The maximum Gasteiger partial charge on any atom is 0.335 e. The zero-order valence-corrected chi connectivity index (χ0v) is 13.0. The molecule has 1 saturated heterocycles. The first-order valence-electron chi connectivity index (χ1n) is 8.03. The van der Waals surface area contributed by atoms with E-state index in [-0.39, 0.29) is 11.5 Å². The lowest BCUT2D eigenvalue weighted by Crippen LogP contribution is -2.36. The predicted octanol–water partition coefficient (Wildman–Crippen LogP) is 2.43. The zero-order valence-electron chi connectivity index (χ0n) is 13.0. The summed E-state index contributed by atoms with van der Waals surface area (Å²) in [5, 5.41) is 8.88. The third-order valence-electron chi connectivity index (χ3n) is 4.33. The Labute approximate surface area is 135 Å². The number of hydrogen-bond donors (Lipinski definition) is 1. The van der Waals surface area contributed by atoms with Crippen LogP contribution in [0.15, 0.2) is 30.3 Å². The first kappa shape index (κ1) is 15.7. The number of hydrogen-bond acceptors (Lipinski definition) is 3. The van der Waals surface area contributed by atoms with Crippen molar-refractivity contribution in [1.82, 2.24) is 4.90 Å². The number of nitrogens with zero attached hydrogens (tertiary/aromatic N) is 1. The molecule has 0 spiro atoms. The van der Waals surface area contributed by atoms with E-state index in [1.807, 2.05) is 4.90 Å². The lowest BCUT2D eigenvalue weighted by atomic mass is 10.1. The monoisotopic (exact) mass is 315 g/mol. The molecule has 1 heterocycles. The van der Waals surface area contributed by atoms with E-state index >= 15 is 0 Å². The number of rotatable bonds is 6. The zero-order chi connectivity index (χ0) is 16.2. The van der Waals surface area contributed by atoms with Crippen LogP contribution in [0.5, 0.6) is 0 Å². The molecule has 1 unspecified atom stereocenters. The van der Waals surface area contributed by atoms with Gasteiger partial charge < -0.3 is 14.7 Å². The van der Waals surface area contributed by atoms with Gasteiger partial charge in [-0.3, -0.25) is 4.79 Å². The van der Waals surface area contributed by atoms with Gasteiger partial charge in [-0.15, -0.1) is 0 Å². The van der Waals surface area contributed by atoms with E-state index < -0.39 is 5.97 Å². The van der Waals surface area contributed by atoms with Crippen molar-refractivity contribution in [3.05, 3.63) is 41.5 Å².